The van der Waals surface area contributed by atoms with Crippen LogP contribution in [0.4, 0.5) is 13.2 Å². The van der Waals surface area contributed by atoms with Crippen LogP contribution < -0.4 is 9.47 Å². The number of halogens is 3. The molecule has 0 aromatic heterocycles. The highest BCUT2D eigenvalue weighted by atomic mass is 19.2. The van der Waals surface area contributed by atoms with E-state index in [1.54, 1.807) is 6.07 Å². The van der Waals surface area contributed by atoms with Crippen LogP contribution in [-0.2, 0) is 13.0 Å². The average Bonchev–Trinajstić information content (AvgIpc) is 2.64. The van der Waals surface area contributed by atoms with Crippen LogP contribution >= 0.6 is 0 Å². The number of carbonyl (C=O) groups excluding carboxylic acids is 1. The van der Waals surface area contributed by atoms with Crippen LogP contribution in [0.2, 0.25) is 0 Å². The Kier molecular flexibility index (Phi) is 4.57. The van der Waals surface area contributed by atoms with Crippen LogP contribution in [0.1, 0.15) is 21.5 Å². The predicted octanol–water partition coefficient (Wildman–Crippen LogP) is 3.32. The van der Waals surface area contributed by atoms with Gasteiger partial charge in [-0.1, -0.05) is 0 Å². The number of rotatable bonds is 3. The maximum Gasteiger partial charge on any atom is 0.257 e. The molecule has 4 nitrogen and oxygen atoms in total. The molecule has 2 aromatic carbocycles. The molecular formula is C18H16F3NO3. The molecule has 0 fully saturated rings. The third-order valence-electron chi connectivity index (χ3n) is 4.27. The van der Waals surface area contributed by atoms with Crippen molar-refractivity contribution in [3.8, 4) is 11.5 Å². The van der Waals surface area contributed by atoms with E-state index in [1.807, 2.05) is 6.07 Å². The van der Waals surface area contributed by atoms with Gasteiger partial charge in [0.1, 0.15) is 0 Å². The quantitative estimate of drug-likeness (QED) is 0.797. The summed E-state index contributed by atoms with van der Waals surface area (Å²) in [4.78, 5) is 13.9. The fourth-order valence-electron chi connectivity index (χ4n) is 2.92. The molecule has 25 heavy (non-hydrogen) atoms. The summed E-state index contributed by atoms with van der Waals surface area (Å²) in [5, 5.41) is 0. The van der Waals surface area contributed by atoms with Crippen molar-refractivity contribution < 1.29 is 27.4 Å². The lowest BCUT2D eigenvalue weighted by atomic mass is 9.98. The van der Waals surface area contributed by atoms with Crippen LogP contribution in [-0.4, -0.2) is 31.6 Å². The third-order valence-corrected chi connectivity index (χ3v) is 4.27. The lowest BCUT2D eigenvalue weighted by molar-refractivity contribution is 0.0728. The number of ether oxygens (including phenoxy) is 2. The van der Waals surface area contributed by atoms with Gasteiger partial charge < -0.3 is 14.4 Å². The second-order valence-electron chi connectivity index (χ2n) is 5.68. The number of nitrogens with zero attached hydrogens (tertiary/aromatic N) is 1. The fraction of sp³-hybridized carbons (Fsp3) is 0.278. The smallest absolute Gasteiger partial charge is 0.257 e. The molecule has 7 heteroatoms. The van der Waals surface area contributed by atoms with E-state index in [0.717, 1.165) is 23.3 Å². The molecule has 0 N–H and O–H groups in total. The zero-order valence-electron chi connectivity index (χ0n) is 13.7. The van der Waals surface area contributed by atoms with Gasteiger partial charge in [-0.15, -0.1) is 0 Å². The number of carbonyl (C=O) groups is 1. The Balaban J connectivity index is 1.90. The Morgan fingerprint density at radius 1 is 1.00 bits per heavy atom. The van der Waals surface area contributed by atoms with Gasteiger partial charge in [0.05, 0.1) is 19.8 Å². The Hall–Kier alpha value is -2.70. The Bertz CT molecular complexity index is 839. The van der Waals surface area contributed by atoms with Crippen molar-refractivity contribution >= 4 is 5.91 Å². The van der Waals surface area contributed by atoms with Crippen LogP contribution in [0.25, 0.3) is 0 Å². The van der Waals surface area contributed by atoms with Gasteiger partial charge in [0.15, 0.2) is 29.0 Å². The summed E-state index contributed by atoms with van der Waals surface area (Å²) >= 11 is 0. The summed E-state index contributed by atoms with van der Waals surface area (Å²) < 4.78 is 50.8. The minimum atomic E-state index is -1.64. The maximum atomic E-state index is 13.9. The summed E-state index contributed by atoms with van der Waals surface area (Å²) in [5.74, 6) is -4.01. The second kappa shape index (κ2) is 6.66. The molecule has 0 atom stereocenters. The summed E-state index contributed by atoms with van der Waals surface area (Å²) in [6, 6.07) is 5.31. The average molecular weight is 351 g/mol. The maximum absolute atomic E-state index is 13.9. The van der Waals surface area contributed by atoms with Crippen molar-refractivity contribution in [1.29, 1.82) is 0 Å². The molecule has 3 rings (SSSR count). The molecule has 0 radical (unpaired) electrons. The number of hydrogen-bond acceptors (Lipinski definition) is 3. The standard InChI is InChI=1S/C18H16F3NO3/c1-24-14-7-10-5-6-22(9-11(10)8-15(14)25-2)18(23)12-3-4-13(19)17(21)16(12)20/h3-4,7-8H,5-6,9H2,1-2H3. The highest BCUT2D eigenvalue weighted by Gasteiger charge is 2.27. The van der Waals surface area contributed by atoms with E-state index < -0.39 is 28.9 Å². The van der Waals surface area contributed by atoms with E-state index in [9.17, 15) is 18.0 Å². The van der Waals surface area contributed by atoms with Crippen molar-refractivity contribution in [2.24, 2.45) is 0 Å². The van der Waals surface area contributed by atoms with Gasteiger partial charge >= 0.3 is 0 Å². The molecule has 1 amide bonds. The van der Waals surface area contributed by atoms with E-state index in [2.05, 4.69) is 0 Å². The van der Waals surface area contributed by atoms with Crippen molar-refractivity contribution in [3.63, 3.8) is 0 Å². The van der Waals surface area contributed by atoms with E-state index in [4.69, 9.17) is 9.47 Å². The topological polar surface area (TPSA) is 38.8 Å². The van der Waals surface area contributed by atoms with Gasteiger partial charge in [-0.05, 0) is 41.8 Å². The summed E-state index contributed by atoms with van der Waals surface area (Å²) in [5.41, 5.74) is 1.34. The lowest BCUT2D eigenvalue weighted by Gasteiger charge is -2.29. The molecule has 0 saturated carbocycles. The lowest BCUT2D eigenvalue weighted by Crippen LogP contribution is -2.36. The molecule has 2 aromatic rings. The van der Waals surface area contributed by atoms with Crippen LogP contribution in [0.5, 0.6) is 11.5 Å². The van der Waals surface area contributed by atoms with Gasteiger partial charge in [0, 0.05) is 13.1 Å². The number of hydrogen-bond donors (Lipinski definition) is 0. The zero-order valence-corrected chi connectivity index (χ0v) is 13.7. The minimum Gasteiger partial charge on any atom is -0.493 e. The van der Waals surface area contributed by atoms with Gasteiger partial charge in [0.2, 0.25) is 0 Å². The molecule has 0 unspecified atom stereocenters. The molecule has 1 heterocycles. The SMILES string of the molecule is COc1cc2c(cc1OC)CN(C(=O)c1ccc(F)c(F)c1F)CC2. The Morgan fingerprint density at radius 3 is 2.28 bits per heavy atom. The molecule has 0 bridgehead atoms. The number of methoxy groups -OCH3 is 2. The Morgan fingerprint density at radius 2 is 1.64 bits per heavy atom. The predicted molar refractivity (Wildman–Crippen MR) is 84.3 cm³/mol. The first-order valence-corrected chi connectivity index (χ1v) is 7.62. The zero-order chi connectivity index (χ0) is 18.1. The molecule has 0 aliphatic carbocycles. The highest BCUT2D eigenvalue weighted by Crippen LogP contribution is 2.33. The largest absolute Gasteiger partial charge is 0.493 e. The third kappa shape index (κ3) is 3.01. The van der Waals surface area contributed by atoms with Crippen molar-refractivity contribution in [2.45, 2.75) is 13.0 Å². The highest BCUT2D eigenvalue weighted by molar-refractivity contribution is 5.94. The van der Waals surface area contributed by atoms with E-state index in [1.165, 1.54) is 19.1 Å². The first kappa shape index (κ1) is 17.1. The Labute approximate surface area is 142 Å². The molecule has 0 spiro atoms. The van der Waals surface area contributed by atoms with Gasteiger partial charge in [-0.3, -0.25) is 4.79 Å². The molecule has 1 aliphatic heterocycles. The van der Waals surface area contributed by atoms with Crippen LogP contribution in [0.15, 0.2) is 24.3 Å². The first-order chi connectivity index (χ1) is 12.0. The normalized spacial score (nSPS) is 13.4. The summed E-state index contributed by atoms with van der Waals surface area (Å²) in [6.07, 6.45) is 0.534. The van der Waals surface area contributed by atoms with Crippen LogP contribution in [0.3, 0.4) is 0 Å². The monoisotopic (exact) mass is 351 g/mol. The van der Waals surface area contributed by atoms with E-state index >= 15 is 0 Å². The van der Waals surface area contributed by atoms with Crippen LogP contribution in [0, 0.1) is 17.5 Å². The van der Waals surface area contributed by atoms with Gasteiger partial charge in [-0.25, -0.2) is 13.2 Å². The van der Waals surface area contributed by atoms with Gasteiger partial charge in [0.25, 0.3) is 5.91 Å². The fourth-order valence-corrected chi connectivity index (χ4v) is 2.92. The van der Waals surface area contributed by atoms with Gasteiger partial charge in [-0.2, -0.15) is 0 Å². The van der Waals surface area contributed by atoms with Crippen molar-refractivity contribution in [1.82, 2.24) is 4.90 Å². The minimum absolute atomic E-state index is 0.215. The van der Waals surface area contributed by atoms with Crippen molar-refractivity contribution in [2.75, 3.05) is 20.8 Å². The molecule has 1 aliphatic rings. The number of benzene rings is 2. The number of amides is 1. The number of fused-ring (bicyclic) bond motifs is 1. The van der Waals surface area contributed by atoms with E-state index in [0.29, 0.717) is 24.5 Å². The van der Waals surface area contributed by atoms with Crippen molar-refractivity contribution in [3.05, 3.63) is 58.4 Å². The molecule has 132 valence electrons. The second-order valence-corrected chi connectivity index (χ2v) is 5.68. The molecular weight excluding hydrogens is 335 g/mol. The first-order valence-electron chi connectivity index (χ1n) is 7.62. The van der Waals surface area contributed by atoms with E-state index in [-0.39, 0.29) is 6.54 Å². The summed E-state index contributed by atoms with van der Waals surface area (Å²) in [7, 11) is 3.04. The molecule has 0 saturated heterocycles. The summed E-state index contributed by atoms with van der Waals surface area (Å²) in [6.45, 7) is 0.548.